The Morgan fingerprint density at radius 2 is 1.61 bits per heavy atom. The molecule has 0 bridgehead atoms. The molecule has 4 nitrogen and oxygen atoms in total. The molecule has 1 aliphatic rings. The summed E-state index contributed by atoms with van der Waals surface area (Å²) in [6, 6.07) is 0. The number of ether oxygens (including phenoxy) is 2. The van der Waals surface area contributed by atoms with Crippen LogP contribution < -0.4 is 0 Å². The second-order valence-corrected chi connectivity index (χ2v) is 4.39. The molecular formula is C12H18F2O4. The first-order valence-corrected chi connectivity index (χ1v) is 6.13. The van der Waals surface area contributed by atoms with Gasteiger partial charge in [-0.2, -0.15) is 0 Å². The summed E-state index contributed by atoms with van der Waals surface area (Å²) in [5.74, 6) is -3.03. The van der Waals surface area contributed by atoms with Crippen LogP contribution in [0.15, 0.2) is 0 Å². The predicted molar refractivity (Wildman–Crippen MR) is 59.0 cm³/mol. The summed E-state index contributed by atoms with van der Waals surface area (Å²) in [4.78, 5) is 23.5. The minimum absolute atomic E-state index is 0.123. The lowest BCUT2D eigenvalue weighted by Gasteiger charge is -2.15. The van der Waals surface area contributed by atoms with Gasteiger partial charge in [0, 0.05) is 5.92 Å². The fourth-order valence-corrected chi connectivity index (χ4v) is 1.79. The Hall–Kier alpha value is -1.20. The molecule has 6 heteroatoms. The molecule has 1 aliphatic carbocycles. The Kier molecular flexibility index (Phi) is 5.04. The average molecular weight is 264 g/mol. The van der Waals surface area contributed by atoms with Crippen LogP contribution >= 0.6 is 0 Å². The second-order valence-electron chi connectivity index (χ2n) is 4.39. The molecule has 1 atom stereocenters. The summed E-state index contributed by atoms with van der Waals surface area (Å²) in [6.07, 6.45) is -1.75. The number of hydrogen-bond acceptors (Lipinski definition) is 4. The third kappa shape index (κ3) is 2.79. The van der Waals surface area contributed by atoms with Gasteiger partial charge in [0.2, 0.25) is 6.43 Å². The zero-order chi connectivity index (χ0) is 13.8. The van der Waals surface area contributed by atoms with Crippen molar-refractivity contribution in [3.8, 4) is 0 Å². The van der Waals surface area contributed by atoms with E-state index in [9.17, 15) is 18.4 Å². The highest BCUT2D eigenvalue weighted by Gasteiger charge is 2.71. The van der Waals surface area contributed by atoms with Crippen LogP contribution in [-0.4, -0.2) is 31.6 Å². The minimum Gasteiger partial charge on any atom is -0.465 e. The van der Waals surface area contributed by atoms with Gasteiger partial charge in [0.15, 0.2) is 5.41 Å². The zero-order valence-corrected chi connectivity index (χ0v) is 10.6. The van der Waals surface area contributed by atoms with E-state index in [0.717, 1.165) is 0 Å². The second kappa shape index (κ2) is 6.11. The maximum absolute atomic E-state index is 12.7. The molecule has 1 unspecified atom stereocenters. The molecule has 0 aromatic rings. The number of esters is 2. The summed E-state index contributed by atoms with van der Waals surface area (Å²) in [5, 5.41) is 0. The Labute approximate surface area is 105 Å². The van der Waals surface area contributed by atoms with Gasteiger partial charge in [-0.1, -0.05) is 13.8 Å². The van der Waals surface area contributed by atoms with Crippen molar-refractivity contribution < 1.29 is 27.8 Å². The van der Waals surface area contributed by atoms with Crippen molar-refractivity contribution in [2.75, 3.05) is 13.2 Å². The van der Waals surface area contributed by atoms with Crippen molar-refractivity contribution in [3.05, 3.63) is 0 Å². The van der Waals surface area contributed by atoms with Gasteiger partial charge in [-0.3, -0.25) is 9.59 Å². The molecule has 104 valence electrons. The van der Waals surface area contributed by atoms with E-state index in [2.05, 4.69) is 0 Å². The van der Waals surface area contributed by atoms with Crippen LogP contribution in [0.25, 0.3) is 0 Å². The molecule has 0 aromatic carbocycles. The highest BCUT2D eigenvalue weighted by molar-refractivity contribution is 6.04. The van der Waals surface area contributed by atoms with Gasteiger partial charge >= 0.3 is 11.9 Å². The number of hydrogen-bond donors (Lipinski definition) is 0. The SMILES string of the molecule is CCCOC(=O)C1(C(=O)OCCC)CC1C(F)F. The molecule has 0 aliphatic heterocycles. The molecule has 0 N–H and O–H groups in total. The monoisotopic (exact) mass is 264 g/mol. The van der Waals surface area contributed by atoms with Crippen molar-refractivity contribution >= 4 is 11.9 Å². The number of carbonyl (C=O) groups is 2. The molecule has 1 saturated carbocycles. The quantitative estimate of drug-likeness (QED) is 0.522. The molecule has 0 radical (unpaired) electrons. The largest absolute Gasteiger partial charge is 0.465 e. The maximum Gasteiger partial charge on any atom is 0.324 e. The molecular weight excluding hydrogens is 246 g/mol. The average Bonchev–Trinajstić information content (AvgIpc) is 3.09. The first-order chi connectivity index (χ1) is 8.50. The molecule has 1 rings (SSSR count). The molecule has 0 aromatic heterocycles. The van der Waals surface area contributed by atoms with Gasteiger partial charge in [0.1, 0.15) is 0 Å². The van der Waals surface area contributed by atoms with Crippen molar-refractivity contribution in [2.24, 2.45) is 11.3 Å². The summed E-state index contributed by atoms with van der Waals surface area (Å²) in [5.41, 5.74) is -1.77. The van der Waals surface area contributed by atoms with E-state index in [4.69, 9.17) is 9.47 Å². The summed E-state index contributed by atoms with van der Waals surface area (Å²) < 4.78 is 35.0. The fourth-order valence-electron chi connectivity index (χ4n) is 1.79. The van der Waals surface area contributed by atoms with Gasteiger partial charge in [-0.25, -0.2) is 8.78 Å². The first-order valence-electron chi connectivity index (χ1n) is 6.13. The van der Waals surface area contributed by atoms with Crippen LogP contribution in [0.2, 0.25) is 0 Å². The Morgan fingerprint density at radius 1 is 1.17 bits per heavy atom. The fraction of sp³-hybridized carbons (Fsp3) is 0.833. The smallest absolute Gasteiger partial charge is 0.324 e. The molecule has 0 heterocycles. The molecule has 0 saturated heterocycles. The van der Waals surface area contributed by atoms with Crippen molar-refractivity contribution in [1.82, 2.24) is 0 Å². The predicted octanol–water partition coefficient (Wildman–Crippen LogP) is 2.16. The van der Waals surface area contributed by atoms with Crippen LogP contribution in [-0.2, 0) is 19.1 Å². The van der Waals surface area contributed by atoms with Gasteiger partial charge in [0.25, 0.3) is 0 Å². The van der Waals surface area contributed by atoms with Gasteiger partial charge in [-0.15, -0.1) is 0 Å². The lowest BCUT2D eigenvalue weighted by atomic mass is 10.0. The van der Waals surface area contributed by atoms with Crippen LogP contribution in [0.5, 0.6) is 0 Å². The van der Waals surface area contributed by atoms with Crippen molar-refractivity contribution in [3.63, 3.8) is 0 Å². The zero-order valence-electron chi connectivity index (χ0n) is 10.6. The first kappa shape index (κ1) is 14.9. The highest BCUT2D eigenvalue weighted by atomic mass is 19.3. The van der Waals surface area contributed by atoms with Gasteiger partial charge in [-0.05, 0) is 19.3 Å². The van der Waals surface area contributed by atoms with Crippen LogP contribution in [0.4, 0.5) is 8.78 Å². The normalized spacial score (nSPS) is 20.6. The third-order valence-corrected chi connectivity index (χ3v) is 2.92. The van der Waals surface area contributed by atoms with Crippen molar-refractivity contribution in [1.29, 1.82) is 0 Å². The summed E-state index contributed by atoms with van der Waals surface area (Å²) in [6.45, 7) is 3.81. The summed E-state index contributed by atoms with van der Waals surface area (Å²) in [7, 11) is 0. The van der Waals surface area contributed by atoms with E-state index in [1.165, 1.54) is 0 Å². The lowest BCUT2D eigenvalue weighted by molar-refractivity contribution is -0.167. The Bertz CT molecular complexity index is 297. The molecule has 0 amide bonds. The molecule has 1 fully saturated rings. The van der Waals surface area contributed by atoms with Crippen LogP contribution in [0, 0.1) is 11.3 Å². The topological polar surface area (TPSA) is 52.6 Å². The van der Waals surface area contributed by atoms with Crippen LogP contribution in [0.3, 0.4) is 0 Å². The van der Waals surface area contributed by atoms with Gasteiger partial charge in [0.05, 0.1) is 13.2 Å². The van der Waals surface area contributed by atoms with E-state index in [-0.39, 0.29) is 19.6 Å². The third-order valence-electron chi connectivity index (χ3n) is 2.92. The number of rotatable bonds is 7. The van der Waals surface area contributed by atoms with E-state index >= 15 is 0 Å². The maximum atomic E-state index is 12.7. The summed E-state index contributed by atoms with van der Waals surface area (Å²) >= 11 is 0. The highest BCUT2D eigenvalue weighted by Crippen LogP contribution is 2.57. The van der Waals surface area contributed by atoms with E-state index < -0.39 is 29.7 Å². The molecule has 18 heavy (non-hydrogen) atoms. The van der Waals surface area contributed by atoms with Gasteiger partial charge < -0.3 is 9.47 Å². The minimum atomic E-state index is -2.71. The van der Waals surface area contributed by atoms with Crippen molar-refractivity contribution in [2.45, 2.75) is 39.5 Å². The standard InChI is InChI=1S/C12H18F2O4/c1-3-5-17-10(15)12(7-8(12)9(13)14)11(16)18-6-4-2/h8-9H,3-7H2,1-2H3. The van der Waals surface area contributed by atoms with E-state index in [0.29, 0.717) is 12.8 Å². The van der Waals surface area contributed by atoms with E-state index in [1.54, 1.807) is 13.8 Å². The number of alkyl halides is 2. The Balaban J connectivity index is 2.72. The Morgan fingerprint density at radius 3 is 1.89 bits per heavy atom. The number of carbonyl (C=O) groups excluding carboxylic acids is 2. The van der Waals surface area contributed by atoms with Crippen LogP contribution in [0.1, 0.15) is 33.1 Å². The lowest BCUT2D eigenvalue weighted by Crippen LogP contribution is -2.33. The number of halogens is 2. The molecule has 0 spiro atoms. The van der Waals surface area contributed by atoms with E-state index in [1.807, 2.05) is 0 Å².